The minimum Gasteiger partial charge on any atom is -0.303 e. The van der Waals surface area contributed by atoms with Gasteiger partial charge in [0.25, 0.3) is 0 Å². The summed E-state index contributed by atoms with van der Waals surface area (Å²) >= 11 is 5.62. The zero-order valence-electron chi connectivity index (χ0n) is 14.6. The highest BCUT2D eigenvalue weighted by Gasteiger charge is 2.26. The maximum atomic E-state index is 5.62. The quantitative estimate of drug-likeness (QED) is 0.660. The molecule has 4 rings (SSSR count). The first kappa shape index (κ1) is 16.2. The number of benzene rings is 2. The molecule has 1 unspecified atom stereocenters. The molecule has 1 heterocycles. The predicted molar refractivity (Wildman–Crippen MR) is 103 cm³/mol. The summed E-state index contributed by atoms with van der Waals surface area (Å²) in [5.41, 5.74) is 3.99. The third-order valence-corrected chi connectivity index (χ3v) is 5.55. The molecule has 128 valence electrons. The lowest BCUT2D eigenvalue weighted by molar-refractivity contribution is 0.182. The number of aryl methyl sites for hydroxylation is 1. The molecule has 0 fully saturated rings. The van der Waals surface area contributed by atoms with Crippen LogP contribution < -0.4 is 0 Å². The van der Waals surface area contributed by atoms with E-state index in [1.807, 2.05) is 34.5 Å². The van der Waals surface area contributed by atoms with E-state index in [4.69, 9.17) is 17.3 Å². The van der Waals surface area contributed by atoms with Crippen molar-refractivity contribution in [2.24, 2.45) is 7.05 Å². The summed E-state index contributed by atoms with van der Waals surface area (Å²) in [5.74, 6) is 0.908. The van der Waals surface area contributed by atoms with Crippen LogP contribution in [0.25, 0.3) is 11.4 Å². The number of hydrogen-bond donors (Lipinski definition) is 0. The largest absolute Gasteiger partial charge is 0.303 e. The Hall–Kier alpha value is -2.24. The Morgan fingerprint density at radius 2 is 1.84 bits per heavy atom. The van der Waals surface area contributed by atoms with E-state index in [0.717, 1.165) is 29.0 Å². The zero-order chi connectivity index (χ0) is 17.4. The van der Waals surface area contributed by atoms with E-state index in [1.54, 1.807) is 0 Å². The zero-order valence-corrected chi connectivity index (χ0v) is 15.4. The van der Waals surface area contributed by atoms with Gasteiger partial charge in [0, 0.05) is 18.7 Å². The Labute approximate surface area is 153 Å². The van der Waals surface area contributed by atoms with Gasteiger partial charge in [0.2, 0.25) is 0 Å². The monoisotopic (exact) mass is 350 g/mol. The highest BCUT2D eigenvalue weighted by Crippen LogP contribution is 2.35. The molecular weight excluding hydrogens is 328 g/mol. The van der Waals surface area contributed by atoms with Crippen LogP contribution in [-0.4, -0.2) is 26.3 Å². The first-order valence-corrected chi connectivity index (χ1v) is 9.03. The highest BCUT2D eigenvalue weighted by atomic mass is 32.1. The number of hydrogen-bond acceptors (Lipinski definition) is 3. The maximum absolute atomic E-state index is 5.62. The number of rotatable bonds is 4. The molecule has 0 saturated carbocycles. The first-order chi connectivity index (χ1) is 12.1. The van der Waals surface area contributed by atoms with Gasteiger partial charge in [0.1, 0.15) is 0 Å². The third kappa shape index (κ3) is 2.94. The van der Waals surface area contributed by atoms with Crippen LogP contribution in [0.15, 0.2) is 54.6 Å². The topological polar surface area (TPSA) is 26.0 Å². The molecule has 1 aliphatic rings. The summed E-state index contributed by atoms with van der Waals surface area (Å²) < 4.78 is 4.66. The molecule has 0 bridgehead atoms. The molecule has 5 heteroatoms. The second-order valence-electron chi connectivity index (χ2n) is 6.68. The summed E-state index contributed by atoms with van der Waals surface area (Å²) in [6, 6.07) is 19.4. The van der Waals surface area contributed by atoms with Crippen LogP contribution >= 0.6 is 12.2 Å². The lowest BCUT2D eigenvalue weighted by atomic mass is 10.1. The van der Waals surface area contributed by atoms with Crippen LogP contribution in [0.2, 0.25) is 0 Å². The summed E-state index contributed by atoms with van der Waals surface area (Å²) in [6.07, 6.45) is 2.30. The van der Waals surface area contributed by atoms with E-state index in [0.29, 0.717) is 12.7 Å². The van der Waals surface area contributed by atoms with Gasteiger partial charge in [-0.15, -0.1) is 0 Å². The molecule has 0 N–H and O–H groups in total. The van der Waals surface area contributed by atoms with Crippen LogP contribution in [0.1, 0.15) is 23.6 Å². The fourth-order valence-corrected chi connectivity index (χ4v) is 3.91. The molecule has 2 aromatic carbocycles. The Bertz CT molecular complexity index is 942. The minimum atomic E-state index is 0.431. The van der Waals surface area contributed by atoms with Crippen molar-refractivity contribution in [1.29, 1.82) is 0 Å². The molecule has 1 atom stereocenters. The van der Waals surface area contributed by atoms with E-state index in [2.05, 4.69) is 48.3 Å². The molecule has 0 saturated heterocycles. The van der Waals surface area contributed by atoms with Crippen molar-refractivity contribution in [2.75, 3.05) is 7.05 Å². The lowest BCUT2D eigenvalue weighted by Crippen LogP contribution is -2.26. The fourth-order valence-electron chi connectivity index (χ4n) is 3.72. The van der Waals surface area contributed by atoms with Crippen molar-refractivity contribution in [1.82, 2.24) is 19.2 Å². The molecular formula is C20H22N4S. The predicted octanol–water partition coefficient (Wildman–Crippen LogP) is 4.19. The van der Waals surface area contributed by atoms with Crippen molar-refractivity contribution in [3.05, 3.63) is 70.5 Å². The van der Waals surface area contributed by atoms with E-state index in [9.17, 15) is 0 Å². The van der Waals surface area contributed by atoms with Crippen LogP contribution in [-0.2, 0) is 20.1 Å². The van der Waals surface area contributed by atoms with Crippen molar-refractivity contribution >= 4 is 12.2 Å². The Balaban J connectivity index is 1.61. The first-order valence-electron chi connectivity index (χ1n) is 8.62. The molecule has 0 radical (unpaired) electrons. The van der Waals surface area contributed by atoms with Gasteiger partial charge in [-0.2, -0.15) is 5.10 Å². The molecule has 0 amide bonds. The maximum Gasteiger partial charge on any atom is 0.199 e. The second-order valence-corrected chi connectivity index (χ2v) is 7.05. The number of aromatic nitrogens is 3. The van der Waals surface area contributed by atoms with E-state index >= 15 is 0 Å². The van der Waals surface area contributed by atoms with E-state index in [-0.39, 0.29) is 0 Å². The normalized spacial score (nSPS) is 16.4. The number of nitrogens with zero attached hydrogens (tertiary/aromatic N) is 4. The van der Waals surface area contributed by atoms with Gasteiger partial charge >= 0.3 is 0 Å². The van der Waals surface area contributed by atoms with Crippen LogP contribution in [0.5, 0.6) is 0 Å². The van der Waals surface area contributed by atoms with Gasteiger partial charge in [-0.05, 0) is 43.2 Å². The van der Waals surface area contributed by atoms with Gasteiger partial charge < -0.3 is 4.57 Å². The van der Waals surface area contributed by atoms with E-state index in [1.165, 1.54) is 11.1 Å². The SMILES string of the molecule is CN(Cn1nc(-c2ccccc2)n(C)c1=S)C1CCc2ccccc21. The second kappa shape index (κ2) is 6.58. The average Bonchev–Trinajstić information content (AvgIpc) is 3.19. The Morgan fingerprint density at radius 3 is 2.64 bits per heavy atom. The molecule has 3 aromatic rings. The van der Waals surface area contributed by atoms with Crippen molar-refractivity contribution in [3.63, 3.8) is 0 Å². The summed E-state index contributed by atoms with van der Waals surface area (Å²) in [6.45, 7) is 0.693. The third-order valence-electron chi connectivity index (χ3n) is 5.06. The van der Waals surface area contributed by atoms with Gasteiger partial charge in [0.05, 0.1) is 6.67 Å². The molecule has 1 aromatic heterocycles. The van der Waals surface area contributed by atoms with Gasteiger partial charge in [-0.25, -0.2) is 4.68 Å². The van der Waals surface area contributed by atoms with Gasteiger partial charge in [0.15, 0.2) is 10.6 Å². The number of fused-ring (bicyclic) bond motifs is 1. The summed E-state index contributed by atoms with van der Waals surface area (Å²) in [5, 5.41) is 4.78. The molecule has 0 aliphatic heterocycles. The smallest absolute Gasteiger partial charge is 0.199 e. The fraction of sp³-hybridized carbons (Fsp3) is 0.300. The lowest BCUT2D eigenvalue weighted by Gasteiger charge is -2.24. The average molecular weight is 350 g/mol. The van der Waals surface area contributed by atoms with Gasteiger partial charge in [-0.3, -0.25) is 4.90 Å². The molecule has 25 heavy (non-hydrogen) atoms. The molecule has 4 nitrogen and oxygen atoms in total. The summed E-state index contributed by atoms with van der Waals surface area (Å²) in [4.78, 5) is 2.35. The highest BCUT2D eigenvalue weighted by molar-refractivity contribution is 7.71. The minimum absolute atomic E-state index is 0.431. The molecule has 0 spiro atoms. The Morgan fingerprint density at radius 1 is 1.12 bits per heavy atom. The summed E-state index contributed by atoms with van der Waals surface area (Å²) in [7, 11) is 4.14. The standard InChI is InChI=1S/C20H22N4S/c1-22(18-13-12-15-8-6-7-11-17(15)18)14-24-20(25)23(2)19(21-24)16-9-4-3-5-10-16/h3-11,18H,12-14H2,1-2H3. The van der Waals surface area contributed by atoms with Crippen LogP contribution in [0, 0.1) is 4.77 Å². The van der Waals surface area contributed by atoms with Crippen LogP contribution in [0.4, 0.5) is 0 Å². The van der Waals surface area contributed by atoms with Crippen molar-refractivity contribution in [2.45, 2.75) is 25.6 Å². The van der Waals surface area contributed by atoms with Crippen molar-refractivity contribution < 1.29 is 0 Å². The van der Waals surface area contributed by atoms with Crippen molar-refractivity contribution in [3.8, 4) is 11.4 Å². The Kier molecular flexibility index (Phi) is 4.27. The molecule has 1 aliphatic carbocycles. The van der Waals surface area contributed by atoms with Gasteiger partial charge in [-0.1, -0.05) is 54.6 Å². The van der Waals surface area contributed by atoms with Crippen LogP contribution in [0.3, 0.4) is 0 Å². The van der Waals surface area contributed by atoms with E-state index < -0.39 is 0 Å².